The van der Waals surface area contributed by atoms with Crippen LogP contribution in [0.5, 0.6) is 0 Å². The minimum atomic E-state index is -0.228. The van der Waals surface area contributed by atoms with Gasteiger partial charge in [0.25, 0.3) is 0 Å². The number of imidazole rings is 1. The summed E-state index contributed by atoms with van der Waals surface area (Å²) in [6, 6.07) is 10.9. The molecule has 3 aromatic heterocycles. The predicted molar refractivity (Wildman–Crippen MR) is 117 cm³/mol. The molecule has 0 N–H and O–H groups in total. The zero-order valence-electron chi connectivity index (χ0n) is 18.0. The second-order valence-corrected chi connectivity index (χ2v) is 9.00. The number of aryl methyl sites for hydroxylation is 2. The predicted octanol–water partition coefficient (Wildman–Crippen LogP) is 4.38. The summed E-state index contributed by atoms with van der Waals surface area (Å²) in [4.78, 5) is 14.4. The Morgan fingerprint density at radius 2 is 1.97 bits per heavy atom. The monoisotopic (exact) mass is 411 g/mol. The number of hydrogen-bond acceptors (Lipinski definition) is 5. The third kappa shape index (κ3) is 2.51. The average Bonchev–Trinajstić information content (AvgIpc) is 3.42. The van der Waals surface area contributed by atoms with Crippen LogP contribution in [0.2, 0.25) is 0 Å². The lowest BCUT2D eigenvalue weighted by Gasteiger charge is -2.50. The fraction of sp³-hybridized carbons (Fsp3) is 0.360. The Hall–Kier alpha value is -3.28. The molecule has 6 nitrogen and oxygen atoms in total. The molecule has 2 aliphatic rings. The lowest BCUT2D eigenvalue weighted by molar-refractivity contribution is 0.188. The van der Waals surface area contributed by atoms with Crippen molar-refractivity contribution >= 4 is 0 Å². The molecule has 0 radical (unpaired) electrons. The van der Waals surface area contributed by atoms with Crippen molar-refractivity contribution in [3.8, 4) is 11.4 Å². The Morgan fingerprint density at radius 3 is 2.74 bits per heavy atom. The fourth-order valence-electron chi connectivity index (χ4n) is 6.06. The molecule has 0 saturated carbocycles. The van der Waals surface area contributed by atoms with Gasteiger partial charge in [0.05, 0.1) is 35.8 Å². The van der Waals surface area contributed by atoms with Crippen molar-refractivity contribution in [3.63, 3.8) is 0 Å². The van der Waals surface area contributed by atoms with Gasteiger partial charge in [-0.2, -0.15) is 0 Å². The van der Waals surface area contributed by atoms with Gasteiger partial charge in [-0.1, -0.05) is 42.4 Å². The maximum absolute atomic E-state index is 5.71. The Kier molecular flexibility index (Phi) is 3.94. The van der Waals surface area contributed by atoms with E-state index in [1.807, 2.05) is 37.3 Å². The van der Waals surface area contributed by atoms with Gasteiger partial charge in [0.1, 0.15) is 11.6 Å². The van der Waals surface area contributed by atoms with Gasteiger partial charge < -0.3 is 9.09 Å². The van der Waals surface area contributed by atoms with Gasteiger partial charge >= 0.3 is 0 Å². The summed E-state index contributed by atoms with van der Waals surface area (Å²) >= 11 is 0. The summed E-state index contributed by atoms with van der Waals surface area (Å²) in [7, 11) is 2.02. The quantitative estimate of drug-likeness (QED) is 0.490. The first kappa shape index (κ1) is 18.5. The van der Waals surface area contributed by atoms with E-state index in [1.54, 1.807) is 0 Å². The summed E-state index contributed by atoms with van der Waals surface area (Å²) in [5, 5.41) is 4.16. The number of fused-ring (bicyclic) bond motifs is 4. The van der Waals surface area contributed by atoms with Crippen molar-refractivity contribution < 1.29 is 4.52 Å². The molecule has 0 saturated heterocycles. The van der Waals surface area contributed by atoms with Crippen LogP contribution in [-0.2, 0) is 25.3 Å². The molecule has 0 unspecified atom stereocenters. The van der Waals surface area contributed by atoms with Gasteiger partial charge in [-0.15, -0.1) is 0 Å². The molecular weight excluding hydrogens is 386 g/mol. The van der Waals surface area contributed by atoms with Gasteiger partial charge in [-0.3, -0.25) is 0 Å². The summed E-state index contributed by atoms with van der Waals surface area (Å²) in [5.41, 5.74) is 6.75. The van der Waals surface area contributed by atoms with Gasteiger partial charge in [0.15, 0.2) is 0 Å². The molecule has 0 amide bonds. The molecule has 4 aromatic rings. The molecule has 0 spiro atoms. The molecule has 31 heavy (non-hydrogen) atoms. The van der Waals surface area contributed by atoms with E-state index in [-0.39, 0.29) is 11.3 Å². The molecule has 0 fully saturated rings. The normalized spacial score (nSPS) is 24.4. The first-order chi connectivity index (χ1) is 15.1. The second-order valence-electron chi connectivity index (χ2n) is 9.00. The summed E-state index contributed by atoms with van der Waals surface area (Å²) in [5.74, 6) is 2.50. The van der Waals surface area contributed by atoms with Crippen LogP contribution < -0.4 is 0 Å². The van der Waals surface area contributed by atoms with Crippen molar-refractivity contribution in [2.75, 3.05) is 0 Å². The Bertz CT molecular complexity index is 1270. The fourth-order valence-corrected chi connectivity index (χ4v) is 6.06. The van der Waals surface area contributed by atoms with Crippen LogP contribution >= 0.6 is 0 Å². The lowest BCUT2D eigenvalue weighted by Crippen LogP contribution is -2.48. The van der Waals surface area contributed by atoms with Crippen molar-refractivity contribution in [1.82, 2.24) is 24.7 Å². The molecule has 2 aliphatic carbocycles. The molecule has 1 aromatic carbocycles. The van der Waals surface area contributed by atoms with Crippen LogP contribution in [0, 0.1) is 12.8 Å². The number of hydrogen-bond donors (Lipinski definition) is 0. The van der Waals surface area contributed by atoms with Crippen molar-refractivity contribution in [2.45, 2.75) is 44.4 Å². The number of benzene rings is 1. The molecule has 6 rings (SSSR count). The highest BCUT2D eigenvalue weighted by Crippen LogP contribution is 2.57. The molecule has 3 atom stereocenters. The zero-order chi connectivity index (χ0) is 21.2. The van der Waals surface area contributed by atoms with Crippen molar-refractivity contribution in [1.29, 1.82) is 0 Å². The summed E-state index contributed by atoms with van der Waals surface area (Å²) in [6.45, 7) is 4.28. The molecule has 3 heterocycles. The Morgan fingerprint density at radius 1 is 1.13 bits per heavy atom. The van der Waals surface area contributed by atoms with Gasteiger partial charge in [-0.25, -0.2) is 15.0 Å². The van der Waals surface area contributed by atoms with Crippen LogP contribution in [0.3, 0.4) is 0 Å². The van der Waals surface area contributed by atoms with E-state index < -0.39 is 0 Å². The number of aromatic nitrogens is 5. The Labute approximate surface area is 181 Å². The first-order valence-corrected chi connectivity index (χ1v) is 10.9. The standard InChI is InChI=1S/C25H25N5O/c1-15-20-10-9-19-22(21-13-26-14-30(21)3)28-16(2)29-24(19)25(20,18-7-5-4-6-8-18)11-17-12-27-31-23(15)17/h4-8,12-15,20H,9-11H2,1-3H3/t15-,20-,25+/m0/s1. The third-order valence-electron chi connectivity index (χ3n) is 7.39. The smallest absolute Gasteiger partial charge is 0.143 e. The van der Waals surface area contributed by atoms with Gasteiger partial charge in [-0.05, 0) is 37.7 Å². The third-order valence-corrected chi connectivity index (χ3v) is 7.39. The van der Waals surface area contributed by atoms with E-state index in [4.69, 9.17) is 14.5 Å². The molecule has 6 heteroatoms. The van der Waals surface area contributed by atoms with Gasteiger partial charge in [0, 0.05) is 29.5 Å². The van der Waals surface area contributed by atoms with E-state index in [9.17, 15) is 0 Å². The summed E-state index contributed by atoms with van der Waals surface area (Å²) < 4.78 is 7.76. The van der Waals surface area contributed by atoms with E-state index in [0.717, 1.165) is 47.9 Å². The minimum absolute atomic E-state index is 0.228. The molecule has 156 valence electrons. The van der Waals surface area contributed by atoms with Crippen LogP contribution in [0.25, 0.3) is 11.4 Å². The van der Waals surface area contributed by atoms with Crippen LogP contribution in [0.4, 0.5) is 0 Å². The second kappa shape index (κ2) is 6.61. The number of nitrogens with zero attached hydrogens (tertiary/aromatic N) is 5. The van der Waals surface area contributed by atoms with E-state index in [0.29, 0.717) is 5.92 Å². The topological polar surface area (TPSA) is 69.6 Å². The summed E-state index contributed by atoms with van der Waals surface area (Å²) in [6.07, 6.45) is 8.49. The minimum Gasteiger partial charge on any atom is -0.361 e. The highest BCUT2D eigenvalue weighted by atomic mass is 16.5. The van der Waals surface area contributed by atoms with Crippen LogP contribution in [-0.4, -0.2) is 24.7 Å². The van der Waals surface area contributed by atoms with Crippen molar-refractivity contribution in [2.24, 2.45) is 13.0 Å². The van der Waals surface area contributed by atoms with Crippen molar-refractivity contribution in [3.05, 3.63) is 83.0 Å². The molecule has 0 aliphatic heterocycles. The van der Waals surface area contributed by atoms with Crippen LogP contribution in [0.15, 0.2) is 53.6 Å². The zero-order valence-corrected chi connectivity index (χ0v) is 18.0. The first-order valence-electron chi connectivity index (χ1n) is 10.9. The van der Waals surface area contributed by atoms with Crippen LogP contribution in [0.1, 0.15) is 53.2 Å². The highest BCUT2D eigenvalue weighted by Gasteiger charge is 2.54. The maximum Gasteiger partial charge on any atom is 0.143 e. The number of rotatable bonds is 2. The molecular formula is C25H25N5O. The SMILES string of the molecule is Cc1nc(-c2cncn2C)c2c(n1)[C@@]1(c3ccccc3)Cc3cnoc3[C@@H](C)[C@@H]1CC2. The van der Waals surface area contributed by atoms with E-state index in [2.05, 4.69) is 47.4 Å². The van der Waals surface area contributed by atoms with E-state index >= 15 is 0 Å². The average molecular weight is 412 g/mol. The largest absolute Gasteiger partial charge is 0.361 e. The van der Waals surface area contributed by atoms with E-state index in [1.165, 1.54) is 16.7 Å². The molecule has 0 bridgehead atoms. The Balaban J connectivity index is 1.68. The lowest BCUT2D eigenvalue weighted by atomic mass is 9.53. The maximum atomic E-state index is 5.71. The van der Waals surface area contributed by atoms with Gasteiger partial charge in [0.2, 0.25) is 0 Å². The highest BCUT2D eigenvalue weighted by molar-refractivity contribution is 5.63.